The maximum absolute atomic E-state index is 13.2. The third-order valence-electron chi connectivity index (χ3n) is 4.69. The van der Waals surface area contributed by atoms with Gasteiger partial charge < -0.3 is 19.3 Å². The van der Waals surface area contributed by atoms with E-state index in [1.807, 2.05) is 19.0 Å². The highest BCUT2D eigenvalue weighted by molar-refractivity contribution is 6.46. The van der Waals surface area contributed by atoms with Crippen molar-refractivity contribution in [1.29, 1.82) is 0 Å². The van der Waals surface area contributed by atoms with E-state index in [0.29, 0.717) is 24.5 Å². The average molecular weight is 386 g/mol. The molecule has 1 aliphatic heterocycles. The molecule has 1 atom stereocenters. The molecule has 0 bridgehead atoms. The van der Waals surface area contributed by atoms with Gasteiger partial charge >= 0.3 is 0 Å². The van der Waals surface area contributed by atoms with Gasteiger partial charge in [0.25, 0.3) is 11.7 Å². The Morgan fingerprint density at radius 1 is 1.18 bits per heavy atom. The van der Waals surface area contributed by atoms with Gasteiger partial charge in [0.1, 0.15) is 29.1 Å². The minimum Gasteiger partial charge on any atom is -0.507 e. The fraction of sp³-hybridized carbons (Fsp3) is 0.333. The summed E-state index contributed by atoms with van der Waals surface area (Å²) in [6.07, 6.45) is 0.660. The van der Waals surface area contributed by atoms with Crippen molar-refractivity contribution in [1.82, 2.24) is 9.80 Å². The first-order valence-electron chi connectivity index (χ1n) is 9.05. The quantitative estimate of drug-likeness (QED) is 0.469. The number of aryl methyl sites for hydroxylation is 1. The van der Waals surface area contributed by atoms with Gasteiger partial charge in [0.05, 0.1) is 5.57 Å². The molecule has 7 heteroatoms. The fourth-order valence-electron chi connectivity index (χ4n) is 3.33. The van der Waals surface area contributed by atoms with Gasteiger partial charge in [-0.3, -0.25) is 9.59 Å². The Kier molecular flexibility index (Phi) is 5.65. The highest BCUT2D eigenvalue weighted by atomic mass is 19.1. The van der Waals surface area contributed by atoms with Crippen LogP contribution >= 0.6 is 0 Å². The third-order valence-corrected chi connectivity index (χ3v) is 4.69. The van der Waals surface area contributed by atoms with E-state index in [9.17, 15) is 19.1 Å². The van der Waals surface area contributed by atoms with E-state index in [1.165, 1.54) is 29.2 Å². The molecule has 1 N–H and O–H groups in total. The summed E-state index contributed by atoms with van der Waals surface area (Å²) in [5, 5.41) is 10.8. The molecule has 1 aromatic carbocycles. The topological polar surface area (TPSA) is 74.0 Å². The predicted octanol–water partition coefficient (Wildman–Crippen LogP) is 3.10. The van der Waals surface area contributed by atoms with Crippen LogP contribution < -0.4 is 0 Å². The molecule has 0 spiro atoms. The molecule has 6 nitrogen and oxygen atoms in total. The Balaban J connectivity index is 2.05. The van der Waals surface area contributed by atoms with Gasteiger partial charge in [0, 0.05) is 12.1 Å². The molecule has 0 saturated carbocycles. The molecule has 0 radical (unpaired) electrons. The van der Waals surface area contributed by atoms with Gasteiger partial charge in [-0.1, -0.05) is 0 Å². The number of hydrogen-bond acceptors (Lipinski definition) is 5. The SMILES string of the molecule is Cc1ccc([C@@H]2C(=C(O)c3ccc(F)cc3)C(=O)C(=O)N2CCCN(C)C)o1. The maximum Gasteiger partial charge on any atom is 0.295 e. The van der Waals surface area contributed by atoms with E-state index in [-0.39, 0.29) is 16.9 Å². The summed E-state index contributed by atoms with van der Waals surface area (Å²) in [7, 11) is 3.85. The van der Waals surface area contributed by atoms with E-state index < -0.39 is 23.5 Å². The molecule has 148 valence electrons. The largest absolute Gasteiger partial charge is 0.507 e. The number of aliphatic hydroxyl groups is 1. The van der Waals surface area contributed by atoms with Crippen LogP contribution in [0.3, 0.4) is 0 Å². The smallest absolute Gasteiger partial charge is 0.295 e. The number of furan rings is 1. The van der Waals surface area contributed by atoms with Gasteiger partial charge in [-0.05, 0) is 70.4 Å². The van der Waals surface area contributed by atoms with Crippen molar-refractivity contribution in [3.05, 3.63) is 64.9 Å². The van der Waals surface area contributed by atoms with Crippen LogP contribution in [0.1, 0.15) is 29.5 Å². The van der Waals surface area contributed by atoms with Crippen molar-refractivity contribution in [3.8, 4) is 0 Å². The molecule has 1 fully saturated rings. The number of hydrogen-bond donors (Lipinski definition) is 1. The second-order valence-corrected chi connectivity index (χ2v) is 7.10. The van der Waals surface area contributed by atoms with E-state index in [2.05, 4.69) is 0 Å². The molecule has 2 aromatic rings. The zero-order chi connectivity index (χ0) is 20.4. The van der Waals surface area contributed by atoms with Gasteiger partial charge in [0.2, 0.25) is 0 Å². The number of benzene rings is 1. The zero-order valence-electron chi connectivity index (χ0n) is 16.1. The van der Waals surface area contributed by atoms with E-state index in [0.717, 1.165) is 6.54 Å². The number of halogens is 1. The maximum atomic E-state index is 13.2. The molecule has 1 aromatic heterocycles. The molecular weight excluding hydrogens is 363 g/mol. The van der Waals surface area contributed by atoms with Crippen LogP contribution in [0.5, 0.6) is 0 Å². The Morgan fingerprint density at radius 3 is 2.43 bits per heavy atom. The summed E-state index contributed by atoms with van der Waals surface area (Å²) < 4.78 is 18.9. The summed E-state index contributed by atoms with van der Waals surface area (Å²) in [4.78, 5) is 28.9. The van der Waals surface area contributed by atoms with Crippen molar-refractivity contribution >= 4 is 17.4 Å². The lowest BCUT2D eigenvalue weighted by Crippen LogP contribution is -2.32. The van der Waals surface area contributed by atoms with Crippen LogP contribution in [-0.2, 0) is 9.59 Å². The molecule has 0 unspecified atom stereocenters. The number of carbonyl (C=O) groups excluding carboxylic acids is 2. The summed E-state index contributed by atoms with van der Waals surface area (Å²) in [5.74, 6) is -1.21. The van der Waals surface area contributed by atoms with Crippen LogP contribution in [0.15, 0.2) is 46.4 Å². The highest BCUT2D eigenvalue weighted by Gasteiger charge is 2.47. The Bertz CT molecular complexity index is 915. The first kappa shape index (κ1) is 19.8. The number of amides is 1. The average Bonchev–Trinajstić information content (AvgIpc) is 3.18. The third kappa shape index (κ3) is 3.84. The van der Waals surface area contributed by atoms with Crippen LogP contribution in [0.25, 0.3) is 5.76 Å². The standard InChI is InChI=1S/C21H23FN2O4/c1-13-5-10-16(28-13)18-17(19(25)14-6-8-15(22)9-7-14)20(26)21(27)24(18)12-4-11-23(2)3/h5-10,18,25H,4,11-12H2,1-3H3/t18-/m1/s1. The van der Waals surface area contributed by atoms with Gasteiger partial charge in [0.15, 0.2) is 0 Å². The fourth-order valence-corrected chi connectivity index (χ4v) is 3.33. The minimum absolute atomic E-state index is 0.0455. The monoisotopic (exact) mass is 386 g/mol. The number of Topliss-reactive ketones (excluding diaryl/α,β-unsaturated/α-hetero) is 1. The first-order chi connectivity index (χ1) is 13.3. The van der Waals surface area contributed by atoms with Crippen LogP contribution in [0.4, 0.5) is 4.39 Å². The van der Waals surface area contributed by atoms with Crippen LogP contribution in [0, 0.1) is 12.7 Å². The van der Waals surface area contributed by atoms with Crippen molar-refractivity contribution in [2.45, 2.75) is 19.4 Å². The van der Waals surface area contributed by atoms with Gasteiger partial charge in [-0.15, -0.1) is 0 Å². The molecule has 3 rings (SSSR count). The molecule has 0 aliphatic carbocycles. The number of carbonyl (C=O) groups is 2. The van der Waals surface area contributed by atoms with Crippen molar-refractivity contribution in [2.75, 3.05) is 27.2 Å². The normalized spacial score (nSPS) is 19.0. The number of ketones is 1. The lowest BCUT2D eigenvalue weighted by molar-refractivity contribution is -0.140. The zero-order valence-corrected chi connectivity index (χ0v) is 16.1. The second-order valence-electron chi connectivity index (χ2n) is 7.10. The Labute approximate surface area is 162 Å². The lowest BCUT2D eigenvalue weighted by Gasteiger charge is -2.24. The van der Waals surface area contributed by atoms with Crippen molar-refractivity contribution in [2.24, 2.45) is 0 Å². The summed E-state index contributed by atoms with van der Waals surface area (Å²) in [5.41, 5.74) is 0.219. The lowest BCUT2D eigenvalue weighted by atomic mass is 9.99. The van der Waals surface area contributed by atoms with E-state index in [4.69, 9.17) is 4.42 Å². The Hall–Kier alpha value is -2.93. The molecule has 1 amide bonds. The van der Waals surface area contributed by atoms with Crippen molar-refractivity contribution < 1.29 is 23.5 Å². The van der Waals surface area contributed by atoms with Crippen LogP contribution in [-0.4, -0.2) is 53.8 Å². The van der Waals surface area contributed by atoms with E-state index >= 15 is 0 Å². The van der Waals surface area contributed by atoms with Crippen LogP contribution in [0.2, 0.25) is 0 Å². The number of likely N-dealkylation sites (tertiary alicyclic amines) is 1. The minimum atomic E-state index is -0.819. The van der Waals surface area contributed by atoms with Gasteiger partial charge in [-0.2, -0.15) is 0 Å². The molecule has 2 heterocycles. The summed E-state index contributed by atoms with van der Waals surface area (Å²) in [6, 6.07) is 7.74. The number of nitrogens with zero attached hydrogens (tertiary/aromatic N) is 2. The molecular formula is C21H23FN2O4. The summed E-state index contributed by atoms with van der Waals surface area (Å²) >= 11 is 0. The van der Waals surface area contributed by atoms with E-state index in [1.54, 1.807) is 19.1 Å². The molecule has 1 saturated heterocycles. The van der Waals surface area contributed by atoms with Gasteiger partial charge in [-0.25, -0.2) is 4.39 Å². The predicted molar refractivity (Wildman–Crippen MR) is 102 cm³/mol. The molecule has 1 aliphatic rings. The number of rotatable bonds is 6. The Morgan fingerprint density at radius 2 is 1.86 bits per heavy atom. The first-order valence-corrected chi connectivity index (χ1v) is 9.05. The highest BCUT2D eigenvalue weighted by Crippen LogP contribution is 2.40. The summed E-state index contributed by atoms with van der Waals surface area (Å²) in [6.45, 7) is 2.85. The second kappa shape index (κ2) is 7.98. The molecule has 28 heavy (non-hydrogen) atoms. The number of aliphatic hydroxyl groups excluding tert-OH is 1. The van der Waals surface area contributed by atoms with Crippen molar-refractivity contribution in [3.63, 3.8) is 0 Å².